The van der Waals surface area contributed by atoms with Gasteiger partial charge in [-0.15, -0.1) is 11.3 Å². The summed E-state index contributed by atoms with van der Waals surface area (Å²) < 4.78 is 5.65. The molecule has 0 saturated heterocycles. The summed E-state index contributed by atoms with van der Waals surface area (Å²) in [6.07, 6.45) is 3.25. The minimum atomic E-state index is -0.121. The van der Waals surface area contributed by atoms with E-state index < -0.39 is 0 Å². The number of hydrogen-bond donors (Lipinski definition) is 1. The predicted octanol–water partition coefficient (Wildman–Crippen LogP) is 2.79. The van der Waals surface area contributed by atoms with Crippen molar-refractivity contribution in [1.29, 1.82) is 0 Å². The van der Waals surface area contributed by atoms with E-state index in [1.54, 1.807) is 24.5 Å². The van der Waals surface area contributed by atoms with E-state index in [1.165, 1.54) is 6.08 Å². The number of rotatable bonds is 5. The summed E-state index contributed by atoms with van der Waals surface area (Å²) >= 11 is 1.62. The Balaban J connectivity index is 1.91. The fourth-order valence-corrected chi connectivity index (χ4v) is 2.16. The maximum absolute atomic E-state index is 11.1. The van der Waals surface area contributed by atoms with Crippen molar-refractivity contribution >= 4 is 23.3 Å². The molecular formula is C15H16N2O2S. The third-order valence-electron chi connectivity index (χ3n) is 2.61. The van der Waals surface area contributed by atoms with Gasteiger partial charge in [0, 0.05) is 18.5 Å². The summed E-state index contributed by atoms with van der Waals surface area (Å²) in [4.78, 5) is 15.4. The highest BCUT2D eigenvalue weighted by molar-refractivity contribution is 7.09. The Hall–Kier alpha value is -2.14. The van der Waals surface area contributed by atoms with Crippen LogP contribution in [-0.2, 0) is 11.4 Å². The molecule has 0 spiro atoms. The highest BCUT2D eigenvalue weighted by Gasteiger charge is 2.00. The van der Waals surface area contributed by atoms with Crippen LogP contribution in [0.4, 0.5) is 0 Å². The number of carbonyl (C=O) groups excluding carboxylic acids is 1. The lowest BCUT2D eigenvalue weighted by Gasteiger charge is -2.04. The smallest absolute Gasteiger partial charge is 0.243 e. The number of thiazole rings is 1. The average Bonchev–Trinajstić information content (AvgIpc) is 2.89. The van der Waals surface area contributed by atoms with Crippen molar-refractivity contribution in [3.8, 4) is 5.75 Å². The van der Waals surface area contributed by atoms with Gasteiger partial charge in [0.2, 0.25) is 5.91 Å². The van der Waals surface area contributed by atoms with E-state index in [2.05, 4.69) is 10.3 Å². The highest BCUT2D eigenvalue weighted by atomic mass is 32.1. The number of aromatic nitrogens is 1. The van der Waals surface area contributed by atoms with Gasteiger partial charge in [-0.2, -0.15) is 0 Å². The number of ether oxygens (including phenoxy) is 1. The Morgan fingerprint density at radius 1 is 1.40 bits per heavy atom. The Kier molecular flexibility index (Phi) is 4.90. The minimum Gasteiger partial charge on any atom is -0.487 e. The molecule has 5 heteroatoms. The van der Waals surface area contributed by atoms with Crippen LogP contribution in [0.2, 0.25) is 0 Å². The van der Waals surface area contributed by atoms with Crippen molar-refractivity contribution in [3.63, 3.8) is 0 Å². The molecule has 1 heterocycles. The van der Waals surface area contributed by atoms with Crippen molar-refractivity contribution < 1.29 is 9.53 Å². The Morgan fingerprint density at radius 2 is 2.15 bits per heavy atom. The van der Waals surface area contributed by atoms with Crippen LogP contribution >= 0.6 is 11.3 Å². The quantitative estimate of drug-likeness (QED) is 0.861. The zero-order valence-corrected chi connectivity index (χ0v) is 12.2. The fourth-order valence-electron chi connectivity index (χ4n) is 1.56. The summed E-state index contributed by atoms with van der Waals surface area (Å²) in [6.45, 7) is 2.44. The van der Waals surface area contributed by atoms with Gasteiger partial charge in [0.25, 0.3) is 0 Å². The first-order valence-electron chi connectivity index (χ1n) is 6.21. The standard InChI is InChI=1S/C15H16N2O2S/c1-11-17-13(10-20-11)9-19-14-6-3-12(4-7-14)5-8-15(18)16-2/h3-8,10H,9H2,1-2H3,(H,16,18)/b8-5+. The van der Waals surface area contributed by atoms with Gasteiger partial charge < -0.3 is 10.1 Å². The van der Waals surface area contributed by atoms with Crippen LogP contribution in [0.15, 0.2) is 35.7 Å². The van der Waals surface area contributed by atoms with Crippen LogP contribution in [0.25, 0.3) is 6.08 Å². The zero-order chi connectivity index (χ0) is 14.4. The maximum atomic E-state index is 11.1. The molecule has 2 aromatic rings. The van der Waals surface area contributed by atoms with Crippen LogP contribution in [0.5, 0.6) is 5.75 Å². The Bertz CT molecular complexity index is 603. The number of carbonyl (C=O) groups is 1. The number of aryl methyl sites for hydroxylation is 1. The van der Waals surface area contributed by atoms with Gasteiger partial charge in [0.15, 0.2) is 0 Å². The number of nitrogens with one attached hydrogen (secondary N) is 1. The molecule has 0 radical (unpaired) electrons. The zero-order valence-electron chi connectivity index (χ0n) is 11.4. The number of benzene rings is 1. The lowest BCUT2D eigenvalue weighted by atomic mass is 10.2. The summed E-state index contributed by atoms with van der Waals surface area (Å²) in [5.74, 6) is 0.664. The van der Waals surface area contributed by atoms with Crippen molar-refractivity contribution in [2.75, 3.05) is 7.05 Å². The van der Waals surface area contributed by atoms with Gasteiger partial charge in [-0.1, -0.05) is 12.1 Å². The largest absolute Gasteiger partial charge is 0.487 e. The lowest BCUT2D eigenvalue weighted by molar-refractivity contribution is -0.115. The van der Waals surface area contributed by atoms with Crippen LogP contribution in [-0.4, -0.2) is 17.9 Å². The number of amides is 1. The first-order chi connectivity index (χ1) is 9.67. The van der Waals surface area contributed by atoms with Crippen molar-refractivity contribution in [2.45, 2.75) is 13.5 Å². The van der Waals surface area contributed by atoms with Crippen LogP contribution in [0.3, 0.4) is 0 Å². The van der Waals surface area contributed by atoms with Crippen molar-refractivity contribution in [1.82, 2.24) is 10.3 Å². The van der Waals surface area contributed by atoms with E-state index in [9.17, 15) is 4.79 Å². The summed E-state index contributed by atoms with van der Waals surface area (Å²) in [7, 11) is 1.60. The van der Waals surface area contributed by atoms with Crippen molar-refractivity contribution in [2.24, 2.45) is 0 Å². The van der Waals surface area contributed by atoms with Crippen molar-refractivity contribution in [3.05, 3.63) is 52.0 Å². The fraction of sp³-hybridized carbons (Fsp3) is 0.200. The molecule has 0 unspecified atom stereocenters. The second-order valence-corrected chi connectivity index (χ2v) is 5.23. The summed E-state index contributed by atoms with van der Waals surface area (Å²) in [6, 6.07) is 7.56. The normalized spacial score (nSPS) is 10.7. The molecule has 0 aliphatic carbocycles. The van der Waals surface area contributed by atoms with Gasteiger partial charge in [0.05, 0.1) is 10.7 Å². The molecule has 0 fully saturated rings. The third-order valence-corrected chi connectivity index (χ3v) is 3.43. The van der Waals surface area contributed by atoms with Gasteiger partial charge >= 0.3 is 0 Å². The molecule has 104 valence electrons. The number of likely N-dealkylation sites (N-methyl/N-ethyl adjacent to an activating group) is 1. The van der Waals surface area contributed by atoms with Crippen LogP contribution in [0, 0.1) is 6.92 Å². The molecule has 20 heavy (non-hydrogen) atoms. The molecule has 1 amide bonds. The molecule has 4 nitrogen and oxygen atoms in total. The second kappa shape index (κ2) is 6.86. The van der Waals surface area contributed by atoms with E-state index in [0.717, 1.165) is 22.0 Å². The summed E-state index contributed by atoms with van der Waals surface area (Å²) in [5, 5.41) is 5.57. The van der Waals surface area contributed by atoms with E-state index in [0.29, 0.717) is 6.61 Å². The third kappa shape index (κ3) is 4.20. The molecule has 1 N–H and O–H groups in total. The molecule has 0 saturated carbocycles. The second-order valence-electron chi connectivity index (χ2n) is 4.16. The van der Waals surface area contributed by atoms with Gasteiger partial charge in [0.1, 0.15) is 12.4 Å². The molecule has 0 bridgehead atoms. The minimum absolute atomic E-state index is 0.121. The molecule has 2 rings (SSSR count). The number of hydrogen-bond acceptors (Lipinski definition) is 4. The predicted molar refractivity (Wildman–Crippen MR) is 80.7 cm³/mol. The van der Waals surface area contributed by atoms with E-state index in [-0.39, 0.29) is 5.91 Å². The topological polar surface area (TPSA) is 51.2 Å². The molecule has 0 atom stereocenters. The molecule has 0 aliphatic heterocycles. The Labute approximate surface area is 122 Å². The molecule has 1 aromatic carbocycles. The monoisotopic (exact) mass is 288 g/mol. The molecular weight excluding hydrogens is 272 g/mol. The summed E-state index contributed by atoms with van der Waals surface area (Å²) in [5.41, 5.74) is 1.89. The first-order valence-corrected chi connectivity index (χ1v) is 7.09. The van der Waals surface area contributed by atoms with E-state index in [4.69, 9.17) is 4.74 Å². The van der Waals surface area contributed by atoms with Gasteiger partial charge in [-0.05, 0) is 30.7 Å². The number of nitrogens with zero attached hydrogens (tertiary/aromatic N) is 1. The van der Waals surface area contributed by atoms with E-state index >= 15 is 0 Å². The molecule has 1 aromatic heterocycles. The Morgan fingerprint density at radius 3 is 2.75 bits per heavy atom. The first kappa shape index (κ1) is 14.3. The van der Waals surface area contributed by atoms with Gasteiger partial charge in [-0.25, -0.2) is 4.98 Å². The van der Waals surface area contributed by atoms with Crippen LogP contribution < -0.4 is 10.1 Å². The highest BCUT2D eigenvalue weighted by Crippen LogP contribution is 2.16. The molecule has 0 aliphatic rings. The average molecular weight is 288 g/mol. The van der Waals surface area contributed by atoms with Crippen LogP contribution in [0.1, 0.15) is 16.3 Å². The SMILES string of the molecule is CNC(=O)/C=C/c1ccc(OCc2csc(C)n2)cc1. The van der Waals surface area contributed by atoms with E-state index in [1.807, 2.05) is 36.6 Å². The lowest BCUT2D eigenvalue weighted by Crippen LogP contribution is -2.13. The maximum Gasteiger partial charge on any atom is 0.243 e. The van der Waals surface area contributed by atoms with Gasteiger partial charge in [-0.3, -0.25) is 4.79 Å².